The molecule has 0 spiro atoms. The Hall–Kier alpha value is -2.81. The Morgan fingerprint density at radius 3 is 2.55 bits per heavy atom. The topological polar surface area (TPSA) is 42.2 Å². The predicted molar refractivity (Wildman–Crippen MR) is 80.3 cm³/mol. The SMILES string of the molecule is O=C(/C=C/c1cc2ccccc2o1)Nc1ccccc1. The van der Waals surface area contributed by atoms with Crippen LogP contribution in [-0.4, -0.2) is 5.91 Å². The smallest absolute Gasteiger partial charge is 0.248 e. The van der Waals surface area contributed by atoms with Gasteiger partial charge in [-0.3, -0.25) is 4.79 Å². The van der Waals surface area contributed by atoms with Gasteiger partial charge in [-0.1, -0.05) is 36.4 Å². The maximum atomic E-state index is 11.8. The predicted octanol–water partition coefficient (Wildman–Crippen LogP) is 4.08. The van der Waals surface area contributed by atoms with Crippen molar-refractivity contribution in [1.82, 2.24) is 0 Å². The summed E-state index contributed by atoms with van der Waals surface area (Å²) in [7, 11) is 0. The van der Waals surface area contributed by atoms with Crippen LogP contribution in [0.25, 0.3) is 17.0 Å². The van der Waals surface area contributed by atoms with Gasteiger partial charge in [0.25, 0.3) is 0 Å². The van der Waals surface area contributed by atoms with Gasteiger partial charge >= 0.3 is 0 Å². The van der Waals surface area contributed by atoms with Crippen LogP contribution in [-0.2, 0) is 4.79 Å². The minimum absolute atomic E-state index is 0.184. The fourth-order valence-electron chi connectivity index (χ4n) is 1.95. The van der Waals surface area contributed by atoms with Crippen molar-refractivity contribution in [1.29, 1.82) is 0 Å². The number of furan rings is 1. The molecule has 3 aromatic rings. The number of hydrogen-bond donors (Lipinski definition) is 1. The molecule has 20 heavy (non-hydrogen) atoms. The highest BCUT2D eigenvalue weighted by Gasteiger charge is 2.01. The second kappa shape index (κ2) is 5.45. The summed E-state index contributed by atoms with van der Waals surface area (Å²) >= 11 is 0. The average molecular weight is 263 g/mol. The normalized spacial score (nSPS) is 11.0. The van der Waals surface area contributed by atoms with Gasteiger partial charge in [-0.25, -0.2) is 0 Å². The van der Waals surface area contributed by atoms with E-state index in [2.05, 4.69) is 5.32 Å². The van der Waals surface area contributed by atoms with Gasteiger partial charge in [0, 0.05) is 17.1 Å². The van der Waals surface area contributed by atoms with Gasteiger partial charge in [0.2, 0.25) is 5.91 Å². The van der Waals surface area contributed by atoms with Gasteiger partial charge < -0.3 is 9.73 Å². The Balaban J connectivity index is 1.72. The molecule has 0 bridgehead atoms. The zero-order valence-corrected chi connectivity index (χ0v) is 10.7. The van der Waals surface area contributed by atoms with Crippen molar-refractivity contribution in [2.24, 2.45) is 0 Å². The number of benzene rings is 2. The molecule has 1 N–H and O–H groups in total. The maximum Gasteiger partial charge on any atom is 0.248 e. The summed E-state index contributed by atoms with van der Waals surface area (Å²) < 4.78 is 5.60. The van der Waals surface area contributed by atoms with Gasteiger partial charge in [0.1, 0.15) is 11.3 Å². The number of para-hydroxylation sites is 2. The Labute approximate surface area is 116 Å². The Bertz CT molecular complexity index is 724. The Kier molecular flexibility index (Phi) is 3.33. The van der Waals surface area contributed by atoms with E-state index < -0.39 is 0 Å². The van der Waals surface area contributed by atoms with Crippen LogP contribution >= 0.6 is 0 Å². The third-order valence-electron chi connectivity index (χ3n) is 2.88. The molecule has 3 nitrogen and oxygen atoms in total. The fraction of sp³-hybridized carbons (Fsp3) is 0. The molecule has 3 heteroatoms. The van der Waals surface area contributed by atoms with Gasteiger partial charge in [0.15, 0.2) is 0 Å². The van der Waals surface area contributed by atoms with Crippen molar-refractivity contribution in [3.63, 3.8) is 0 Å². The van der Waals surface area contributed by atoms with Crippen LogP contribution in [0.15, 0.2) is 71.2 Å². The molecule has 0 atom stereocenters. The molecule has 98 valence electrons. The molecule has 0 aliphatic heterocycles. The lowest BCUT2D eigenvalue weighted by Crippen LogP contribution is -2.07. The summed E-state index contributed by atoms with van der Waals surface area (Å²) in [4.78, 5) is 11.8. The number of amides is 1. The summed E-state index contributed by atoms with van der Waals surface area (Å²) in [6.07, 6.45) is 3.13. The molecule has 2 aromatic carbocycles. The zero-order chi connectivity index (χ0) is 13.8. The highest BCUT2D eigenvalue weighted by Crippen LogP contribution is 2.19. The lowest BCUT2D eigenvalue weighted by atomic mass is 10.2. The first-order chi connectivity index (χ1) is 9.81. The largest absolute Gasteiger partial charge is 0.457 e. The van der Waals surface area contributed by atoms with Crippen LogP contribution in [0.4, 0.5) is 5.69 Å². The summed E-state index contributed by atoms with van der Waals surface area (Å²) in [5.41, 5.74) is 1.59. The van der Waals surface area contributed by atoms with E-state index in [1.807, 2.05) is 60.7 Å². The van der Waals surface area contributed by atoms with E-state index in [1.165, 1.54) is 6.08 Å². The molecule has 0 fully saturated rings. The lowest BCUT2D eigenvalue weighted by Gasteiger charge is -1.99. The fourth-order valence-corrected chi connectivity index (χ4v) is 1.95. The van der Waals surface area contributed by atoms with Crippen LogP contribution in [0, 0.1) is 0 Å². The van der Waals surface area contributed by atoms with Crippen molar-refractivity contribution < 1.29 is 9.21 Å². The number of carbonyl (C=O) groups is 1. The molecule has 0 aliphatic carbocycles. The third-order valence-corrected chi connectivity index (χ3v) is 2.88. The summed E-state index contributed by atoms with van der Waals surface area (Å²) in [5.74, 6) is 0.478. The third kappa shape index (κ3) is 2.78. The van der Waals surface area contributed by atoms with E-state index in [-0.39, 0.29) is 5.91 Å². The number of hydrogen-bond acceptors (Lipinski definition) is 2. The molecule has 1 heterocycles. The van der Waals surface area contributed by atoms with Gasteiger partial charge in [0.05, 0.1) is 0 Å². The standard InChI is InChI=1S/C17H13NO2/c19-17(18-14-7-2-1-3-8-14)11-10-15-12-13-6-4-5-9-16(13)20-15/h1-12H,(H,18,19)/b11-10+. The van der Waals surface area contributed by atoms with Crippen LogP contribution in [0.2, 0.25) is 0 Å². The summed E-state index contributed by atoms with van der Waals surface area (Å²) in [5, 5.41) is 3.80. The van der Waals surface area contributed by atoms with Crippen LogP contribution in [0.3, 0.4) is 0 Å². The molecule has 0 saturated carbocycles. The molecule has 3 rings (SSSR count). The molecular formula is C17H13NO2. The lowest BCUT2D eigenvalue weighted by molar-refractivity contribution is -0.111. The molecule has 0 radical (unpaired) electrons. The zero-order valence-electron chi connectivity index (χ0n) is 10.7. The number of fused-ring (bicyclic) bond motifs is 1. The summed E-state index contributed by atoms with van der Waals surface area (Å²) in [6, 6.07) is 19.0. The highest BCUT2D eigenvalue weighted by atomic mass is 16.3. The van der Waals surface area contributed by atoms with Gasteiger partial charge in [-0.2, -0.15) is 0 Å². The molecular weight excluding hydrogens is 250 g/mol. The maximum absolute atomic E-state index is 11.8. The Morgan fingerprint density at radius 2 is 1.75 bits per heavy atom. The van der Waals surface area contributed by atoms with Crippen molar-refractivity contribution in [3.05, 3.63) is 72.5 Å². The van der Waals surface area contributed by atoms with Gasteiger partial charge in [-0.05, 0) is 30.3 Å². The van der Waals surface area contributed by atoms with E-state index in [0.29, 0.717) is 5.76 Å². The van der Waals surface area contributed by atoms with Crippen LogP contribution < -0.4 is 5.32 Å². The van der Waals surface area contributed by atoms with Crippen LogP contribution in [0.1, 0.15) is 5.76 Å². The quantitative estimate of drug-likeness (QED) is 0.723. The van der Waals surface area contributed by atoms with E-state index in [9.17, 15) is 4.79 Å². The molecule has 1 amide bonds. The van der Waals surface area contributed by atoms with E-state index in [0.717, 1.165) is 16.7 Å². The number of carbonyl (C=O) groups excluding carboxylic acids is 1. The minimum atomic E-state index is -0.184. The van der Waals surface area contributed by atoms with Crippen molar-refractivity contribution >= 4 is 28.6 Å². The highest BCUT2D eigenvalue weighted by molar-refractivity contribution is 6.01. The number of rotatable bonds is 3. The first-order valence-corrected chi connectivity index (χ1v) is 6.34. The van der Waals surface area contributed by atoms with E-state index in [4.69, 9.17) is 4.42 Å². The van der Waals surface area contributed by atoms with Crippen molar-refractivity contribution in [2.75, 3.05) is 5.32 Å². The van der Waals surface area contributed by atoms with Crippen LogP contribution in [0.5, 0.6) is 0 Å². The second-order valence-electron chi connectivity index (χ2n) is 4.38. The monoisotopic (exact) mass is 263 g/mol. The number of anilines is 1. The molecule has 1 aromatic heterocycles. The minimum Gasteiger partial charge on any atom is -0.457 e. The first-order valence-electron chi connectivity index (χ1n) is 6.34. The van der Waals surface area contributed by atoms with E-state index in [1.54, 1.807) is 6.08 Å². The first kappa shape index (κ1) is 12.2. The van der Waals surface area contributed by atoms with Gasteiger partial charge in [-0.15, -0.1) is 0 Å². The Morgan fingerprint density at radius 1 is 1.00 bits per heavy atom. The van der Waals surface area contributed by atoms with Crippen molar-refractivity contribution in [2.45, 2.75) is 0 Å². The van der Waals surface area contributed by atoms with E-state index >= 15 is 0 Å². The molecule has 0 unspecified atom stereocenters. The number of nitrogens with one attached hydrogen (secondary N) is 1. The average Bonchev–Trinajstić information content (AvgIpc) is 2.89. The second-order valence-corrected chi connectivity index (χ2v) is 4.38. The molecule has 0 saturated heterocycles. The summed E-state index contributed by atoms with van der Waals surface area (Å²) in [6.45, 7) is 0. The molecule has 0 aliphatic rings. The van der Waals surface area contributed by atoms with Crippen molar-refractivity contribution in [3.8, 4) is 0 Å².